The standard InChI is InChI=1S/C10H13N/c1-11-9-5-8-10-6-3-2-4-7-10/h2-8,11H,9H2,1H3/p+1/b8-5+. The highest BCUT2D eigenvalue weighted by Gasteiger charge is 1.81. The van der Waals surface area contributed by atoms with Crippen LogP contribution in [0.4, 0.5) is 0 Å². The average Bonchev–Trinajstić information content (AvgIpc) is 2.07. The Morgan fingerprint density at radius 1 is 1.27 bits per heavy atom. The minimum atomic E-state index is 1.05. The zero-order valence-electron chi connectivity index (χ0n) is 6.83. The minimum Gasteiger partial charge on any atom is -0.345 e. The number of hydrogen-bond acceptors (Lipinski definition) is 0. The molecular weight excluding hydrogens is 134 g/mol. The van der Waals surface area contributed by atoms with Crippen LogP contribution in [0.3, 0.4) is 0 Å². The van der Waals surface area contributed by atoms with Gasteiger partial charge in [0, 0.05) is 0 Å². The van der Waals surface area contributed by atoms with E-state index in [0.29, 0.717) is 0 Å². The lowest BCUT2D eigenvalue weighted by molar-refractivity contribution is -0.617. The van der Waals surface area contributed by atoms with Crippen LogP contribution in [0.15, 0.2) is 36.4 Å². The normalized spacial score (nSPS) is 10.6. The molecule has 0 atom stereocenters. The molecule has 1 aromatic rings. The summed E-state index contributed by atoms with van der Waals surface area (Å²) in [4.78, 5) is 0. The van der Waals surface area contributed by atoms with Crippen LogP contribution in [-0.4, -0.2) is 13.6 Å². The van der Waals surface area contributed by atoms with Crippen molar-refractivity contribution in [1.29, 1.82) is 0 Å². The SMILES string of the molecule is C[NH2+]C/C=C/c1ccccc1. The van der Waals surface area contributed by atoms with Gasteiger partial charge in [0.1, 0.15) is 0 Å². The molecule has 0 bridgehead atoms. The summed E-state index contributed by atoms with van der Waals surface area (Å²) in [7, 11) is 2.06. The maximum absolute atomic E-state index is 2.16. The summed E-state index contributed by atoms with van der Waals surface area (Å²) in [5.41, 5.74) is 1.27. The van der Waals surface area contributed by atoms with Crippen LogP contribution in [0.5, 0.6) is 0 Å². The largest absolute Gasteiger partial charge is 0.345 e. The molecule has 0 unspecified atom stereocenters. The summed E-state index contributed by atoms with van der Waals surface area (Å²) < 4.78 is 0. The summed E-state index contributed by atoms with van der Waals surface area (Å²) in [6.45, 7) is 1.05. The van der Waals surface area contributed by atoms with Crippen LogP contribution in [0, 0.1) is 0 Å². The van der Waals surface area contributed by atoms with Crippen molar-refractivity contribution in [3.63, 3.8) is 0 Å². The molecule has 11 heavy (non-hydrogen) atoms. The molecule has 0 radical (unpaired) electrons. The molecule has 1 nitrogen and oxygen atoms in total. The molecular formula is C10H14N+. The maximum Gasteiger partial charge on any atom is 0.0943 e. The highest BCUT2D eigenvalue weighted by molar-refractivity contribution is 5.48. The van der Waals surface area contributed by atoms with E-state index in [-0.39, 0.29) is 0 Å². The number of nitrogens with two attached hydrogens (primary N) is 1. The fourth-order valence-electron chi connectivity index (χ4n) is 0.904. The molecule has 0 spiro atoms. The Kier molecular flexibility index (Phi) is 3.42. The van der Waals surface area contributed by atoms with Crippen LogP contribution in [-0.2, 0) is 0 Å². The first-order valence-electron chi connectivity index (χ1n) is 3.93. The van der Waals surface area contributed by atoms with Gasteiger partial charge in [-0.3, -0.25) is 0 Å². The Morgan fingerprint density at radius 2 is 2.00 bits per heavy atom. The van der Waals surface area contributed by atoms with Crippen molar-refractivity contribution in [2.75, 3.05) is 13.6 Å². The quantitative estimate of drug-likeness (QED) is 0.655. The lowest BCUT2D eigenvalue weighted by Gasteiger charge is -1.89. The molecule has 0 aliphatic heterocycles. The monoisotopic (exact) mass is 148 g/mol. The fourth-order valence-corrected chi connectivity index (χ4v) is 0.904. The van der Waals surface area contributed by atoms with Gasteiger partial charge in [0.15, 0.2) is 0 Å². The predicted octanol–water partition coefficient (Wildman–Crippen LogP) is 0.893. The summed E-state index contributed by atoms with van der Waals surface area (Å²) in [6.07, 6.45) is 4.30. The van der Waals surface area contributed by atoms with Crippen molar-refractivity contribution in [2.24, 2.45) is 0 Å². The van der Waals surface area contributed by atoms with Crippen molar-refractivity contribution in [2.45, 2.75) is 0 Å². The number of quaternary nitrogens is 1. The number of rotatable bonds is 3. The third-order valence-corrected chi connectivity index (χ3v) is 1.48. The Bertz CT molecular complexity index is 214. The first-order chi connectivity index (χ1) is 5.43. The van der Waals surface area contributed by atoms with Gasteiger partial charge in [0.05, 0.1) is 13.6 Å². The summed E-state index contributed by atoms with van der Waals surface area (Å²) in [5, 5.41) is 2.14. The van der Waals surface area contributed by atoms with Crippen molar-refractivity contribution in [3.05, 3.63) is 42.0 Å². The van der Waals surface area contributed by atoms with Crippen molar-refractivity contribution in [1.82, 2.24) is 0 Å². The second-order valence-electron chi connectivity index (χ2n) is 2.46. The smallest absolute Gasteiger partial charge is 0.0943 e. The predicted molar refractivity (Wildman–Crippen MR) is 48.2 cm³/mol. The highest BCUT2D eigenvalue weighted by atomic mass is 14.8. The summed E-state index contributed by atoms with van der Waals surface area (Å²) in [6, 6.07) is 10.3. The van der Waals surface area contributed by atoms with Crippen molar-refractivity contribution in [3.8, 4) is 0 Å². The highest BCUT2D eigenvalue weighted by Crippen LogP contribution is 1.99. The molecule has 1 aromatic carbocycles. The van der Waals surface area contributed by atoms with Gasteiger partial charge in [-0.2, -0.15) is 0 Å². The van der Waals surface area contributed by atoms with Gasteiger partial charge in [0.2, 0.25) is 0 Å². The van der Waals surface area contributed by atoms with Gasteiger partial charge in [-0.1, -0.05) is 36.4 Å². The van der Waals surface area contributed by atoms with E-state index in [4.69, 9.17) is 0 Å². The topological polar surface area (TPSA) is 16.6 Å². The molecule has 0 heterocycles. The van der Waals surface area contributed by atoms with Gasteiger partial charge in [-0.05, 0) is 11.6 Å². The maximum atomic E-state index is 2.16. The molecule has 0 amide bonds. The van der Waals surface area contributed by atoms with Gasteiger partial charge >= 0.3 is 0 Å². The van der Waals surface area contributed by atoms with E-state index in [1.807, 2.05) is 6.07 Å². The summed E-state index contributed by atoms with van der Waals surface area (Å²) in [5.74, 6) is 0. The molecule has 0 aliphatic carbocycles. The van der Waals surface area contributed by atoms with Crippen LogP contribution in [0.25, 0.3) is 6.08 Å². The lowest BCUT2D eigenvalue weighted by Crippen LogP contribution is -2.79. The third kappa shape index (κ3) is 3.01. The van der Waals surface area contributed by atoms with Gasteiger partial charge in [-0.25, -0.2) is 0 Å². The zero-order chi connectivity index (χ0) is 7.94. The Labute approximate surface area is 67.8 Å². The van der Waals surface area contributed by atoms with E-state index in [2.05, 4.69) is 48.8 Å². The molecule has 0 fully saturated rings. The zero-order valence-corrected chi connectivity index (χ0v) is 6.83. The van der Waals surface area contributed by atoms with Crippen LogP contribution in [0.1, 0.15) is 5.56 Å². The Morgan fingerprint density at radius 3 is 2.64 bits per heavy atom. The second-order valence-corrected chi connectivity index (χ2v) is 2.46. The van der Waals surface area contributed by atoms with E-state index in [0.717, 1.165) is 6.54 Å². The third-order valence-electron chi connectivity index (χ3n) is 1.48. The first kappa shape index (κ1) is 8.02. The second kappa shape index (κ2) is 4.69. The number of hydrogen-bond donors (Lipinski definition) is 1. The van der Waals surface area contributed by atoms with Gasteiger partial charge in [-0.15, -0.1) is 0 Å². The van der Waals surface area contributed by atoms with Gasteiger partial charge < -0.3 is 5.32 Å². The van der Waals surface area contributed by atoms with E-state index in [9.17, 15) is 0 Å². The summed E-state index contributed by atoms with van der Waals surface area (Å²) >= 11 is 0. The molecule has 0 saturated heterocycles. The molecule has 58 valence electrons. The molecule has 0 aliphatic rings. The van der Waals surface area contributed by atoms with Crippen molar-refractivity contribution < 1.29 is 5.32 Å². The lowest BCUT2D eigenvalue weighted by atomic mass is 10.2. The number of benzene rings is 1. The molecule has 2 N–H and O–H groups in total. The molecule has 0 saturated carbocycles. The van der Waals surface area contributed by atoms with E-state index < -0.39 is 0 Å². The fraction of sp³-hybridized carbons (Fsp3) is 0.200. The van der Waals surface area contributed by atoms with Gasteiger partial charge in [0.25, 0.3) is 0 Å². The first-order valence-corrected chi connectivity index (χ1v) is 3.93. The average molecular weight is 148 g/mol. The minimum absolute atomic E-state index is 1.05. The van der Waals surface area contributed by atoms with E-state index in [1.165, 1.54) is 5.56 Å². The number of likely N-dealkylation sites (N-methyl/N-ethyl adjacent to an activating group) is 1. The molecule has 1 heteroatoms. The van der Waals surface area contributed by atoms with Crippen LogP contribution in [0.2, 0.25) is 0 Å². The van der Waals surface area contributed by atoms with Crippen LogP contribution >= 0.6 is 0 Å². The molecule has 1 rings (SSSR count). The van der Waals surface area contributed by atoms with Crippen LogP contribution < -0.4 is 5.32 Å². The Hall–Kier alpha value is -1.08. The Balaban J connectivity index is 2.50. The molecule has 0 aromatic heterocycles. The van der Waals surface area contributed by atoms with E-state index >= 15 is 0 Å². The van der Waals surface area contributed by atoms with E-state index in [1.54, 1.807) is 0 Å². The van der Waals surface area contributed by atoms with Crippen molar-refractivity contribution >= 4 is 6.08 Å².